The zero-order chi connectivity index (χ0) is 14.4. The van der Waals surface area contributed by atoms with Crippen LogP contribution in [0.15, 0.2) is 18.2 Å². The third kappa shape index (κ3) is 5.33. The molecule has 19 heavy (non-hydrogen) atoms. The van der Waals surface area contributed by atoms with E-state index in [0.29, 0.717) is 11.5 Å². The highest BCUT2D eigenvalue weighted by Crippen LogP contribution is 2.17. The van der Waals surface area contributed by atoms with E-state index in [1.165, 1.54) is 12.5 Å². The number of aromatic hydroxyl groups is 1. The number of carbonyl (C=O) groups excluding carboxylic acids is 1. The van der Waals surface area contributed by atoms with Gasteiger partial charge in [0.05, 0.1) is 0 Å². The van der Waals surface area contributed by atoms with Crippen LogP contribution in [0.3, 0.4) is 0 Å². The van der Waals surface area contributed by atoms with Gasteiger partial charge < -0.3 is 10.4 Å². The van der Waals surface area contributed by atoms with E-state index in [-0.39, 0.29) is 17.7 Å². The van der Waals surface area contributed by atoms with Gasteiger partial charge in [-0.3, -0.25) is 4.79 Å². The Morgan fingerprint density at radius 2 is 1.95 bits per heavy atom. The fourth-order valence-electron chi connectivity index (χ4n) is 1.96. The van der Waals surface area contributed by atoms with E-state index in [9.17, 15) is 9.90 Å². The molecule has 0 aliphatic carbocycles. The van der Waals surface area contributed by atoms with E-state index in [4.69, 9.17) is 0 Å². The number of hydrogen-bond donors (Lipinski definition) is 2. The van der Waals surface area contributed by atoms with E-state index in [2.05, 4.69) is 19.2 Å². The Balaban J connectivity index is 2.47. The van der Waals surface area contributed by atoms with E-state index < -0.39 is 0 Å². The van der Waals surface area contributed by atoms with Crippen LogP contribution in [0.4, 0.5) is 0 Å². The molecule has 1 atom stereocenters. The summed E-state index contributed by atoms with van der Waals surface area (Å²) in [5, 5.41) is 12.6. The largest absolute Gasteiger partial charge is 0.508 e. The highest BCUT2D eigenvalue weighted by molar-refractivity contribution is 5.94. The van der Waals surface area contributed by atoms with Crippen molar-refractivity contribution >= 4 is 5.91 Å². The molecule has 1 amide bonds. The van der Waals surface area contributed by atoms with Crippen LogP contribution in [0, 0.1) is 12.8 Å². The number of amides is 1. The Kier molecular flexibility index (Phi) is 5.87. The molecule has 1 unspecified atom stereocenters. The van der Waals surface area contributed by atoms with E-state index >= 15 is 0 Å². The molecule has 3 heteroatoms. The molecule has 1 aromatic rings. The Labute approximate surface area is 116 Å². The van der Waals surface area contributed by atoms with Crippen LogP contribution in [0.1, 0.15) is 56.0 Å². The molecule has 0 spiro atoms. The number of hydrogen-bond acceptors (Lipinski definition) is 2. The Morgan fingerprint density at radius 3 is 2.53 bits per heavy atom. The molecule has 0 aliphatic rings. The summed E-state index contributed by atoms with van der Waals surface area (Å²) in [6, 6.07) is 5.18. The lowest BCUT2D eigenvalue weighted by molar-refractivity contribution is 0.0937. The van der Waals surface area contributed by atoms with Crippen LogP contribution in [0.2, 0.25) is 0 Å². The number of aryl methyl sites for hydroxylation is 1. The van der Waals surface area contributed by atoms with Crippen LogP contribution in [-0.4, -0.2) is 17.1 Å². The minimum absolute atomic E-state index is 0.118. The van der Waals surface area contributed by atoms with Gasteiger partial charge in [-0.05, 0) is 43.9 Å². The van der Waals surface area contributed by atoms with E-state index in [0.717, 1.165) is 18.4 Å². The van der Waals surface area contributed by atoms with Crippen molar-refractivity contribution in [3.05, 3.63) is 29.3 Å². The quantitative estimate of drug-likeness (QED) is 0.823. The number of benzene rings is 1. The summed E-state index contributed by atoms with van der Waals surface area (Å²) in [5.74, 6) is 0.754. The van der Waals surface area contributed by atoms with Crippen molar-refractivity contribution in [2.45, 2.75) is 53.0 Å². The van der Waals surface area contributed by atoms with Crippen LogP contribution >= 0.6 is 0 Å². The minimum atomic E-state index is -0.118. The molecule has 0 aromatic heterocycles. The highest BCUT2D eigenvalue weighted by atomic mass is 16.3. The van der Waals surface area contributed by atoms with Crippen LogP contribution in [0.25, 0.3) is 0 Å². The zero-order valence-electron chi connectivity index (χ0n) is 12.4. The number of phenolic OH excluding ortho intramolecular Hbond substituents is 1. The molecule has 0 saturated carbocycles. The molecule has 0 saturated heterocycles. The minimum Gasteiger partial charge on any atom is -0.508 e. The normalized spacial score (nSPS) is 12.5. The molecule has 0 heterocycles. The van der Waals surface area contributed by atoms with Gasteiger partial charge in [0.2, 0.25) is 0 Å². The second-order valence-corrected chi connectivity index (χ2v) is 5.70. The molecule has 2 N–H and O–H groups in total. The van der Waals surface area contributed by atoms with E-state index in [1.807, 2.05) is 13.8 Å². The molecule has 0 aliphatic heterocycles. The first-order valence-electron chi connectivity index (χ1n) is 7.00. The smallest absolute Gasteiger partial charge is 0.251 e. The number of nitrogens with one attached hydrogen (secondary N) is 1. The molecule has 3 nitrogen and oxygen atoms in total. The summed E-state index contributed by atoms with van der Waals surface area (Å²) < 4.78 is 0. The average Bonchev–Trinajstić information content (AvgIpc) is 2.32. The predicted molar refractivity (Wildman–Crippen MR) is 78.5 cm³/mol. The standard InChI is InChI=1S/C16H25NO2/c1-11(2)6-5-7-13(4)17-16(19)14-9-8-12(3)15(18)10-14/h8-11,13,18H,5-7H2,1-4H3,(H,17,19). The topological polar surface area (TPSA) is 49.3 Å². The van der Waals surface area contributed by atoms with Gasteiger partial charge in [-0.2, -0.15) is 0 Å². The maximum absolute atomic E-state index is 12.0. The number of carbonyl (C=O) groups is 1. The first-order valence-corrected chi connectivity index (χ1v) is 7.00. The molecule has 0 radical (unpaired) electrons. The van der Waals surface area contributed by atoms with Gasteiger partial charge in [0.1, 0.15) is 5.75 Å². The molecule has 0 fully saturated rings. The van der Waals surface area contributed by atoms with Crippen molar-refractivity contribution in [1.29, 1.82) is 0 Å². The predicted octanol–water partition coefficient (Wildman–Crippen LogP) is 3.65. The fraction of sp³-hybridized carbons (Fsp3) is 0.562. The summed E-state index contributed by atoms with van der Waals surface area (Å²) in [4.78, 5) is 12.0. The Morgan fingerprint density at radius 1 is 1.26 bits per heavy atom. The first kappa shape index (κ1) is 15.5. The Hall–Kier alpha value is -1.51. The van der Waals surface area contributed by atoms with Crippen molar-refractivity contribution in [2.75, 3.05) is 0 Å². The molecule has 1 aromatic carbocycles. The molecule has 0 bridgehead atoms. The fourth-order valence-corrected chi connectivity index (χ4v) is 1.96. The van der Waals surface area contributed by atoms with Gasteiger partial charge in [-0.15, -0.1) is 0 Å². The maximum Gasteiger partial charge on any atom is 0.251 e. The summed E-state index contributed by atoms with van der Waals surface area (Å²) in [6.45, 7) is 8.24. The van der Waals surface area contributed by atoms with Crippen molar-refractivity contribution in [3.63, 3.8) is 0 Å². The number of rotatable bonds is 6. The summed E-state index contributed by atoms with van der Waals surface area (Å²) in [7, 11) is 0. The second kappa shape index (κ2) is 7.17. The van der Waals surface area contributed by atoms with Crippen LogP contribution < -0.4 is 5.32 Å². The highest BCUT2D eigenvalue weighted by Gasteiger charge is 2.11. The van der Waals surface area contributed by atoms with Gasteiger partial charge in [0, 0.05) is 11.6 Å². The zero-order valence-corrected chi connectivity index (χ0v) is 12.4. The van der Waals surface area contributed by atoms with Gasteiger partial charge >= 0.3 is 0 Å². The van der Waals surface area contributed by atoms with E-state index in [1.54, 1.807) is 12.1 Å². The summed E-state index contributed by atoms with van der Waals surface area (Å²) >= 11 is 0. The lowest BCUT2D eigenvalue weighted by Crippen LogP contribution is -2.32. The molecular weight excluding hydrogens is 238 g/mol. The third-order valence-electron chi connectivity index (χ3n) is 3.27. The van der Waals surface area contributed by atoms with Gasteiger partial charge in [-0.1, -0.05) is 32.8 Å². The molecule has 1 rings (SSSR count). The van der Waals surface area contributed by atoms with Crippen molar-refractivity contribution < 1.29 is 9.90 Å². The molecular formula is C16H25NO2. The van der Waals surface area contributed by atoms with Gasteiger partial charge in [0.15, 0.2) is 0 Å². The second-order valence-electron chi connectivity index (χ2n) is 5.70. The third-order valence-corrected chi connectivity index (χ3v) is 3.27. The van der Waals surface area contributed by atoms with Crippen LogP contribution in [-0.2, 0) is 0 Å². The lowest BCUT2D eigenvalue weighted by atomic mass is 10.0. The SMILES string of the molecule is Cc1ccc(C(=O)NC(C)CCCC(C)C)cc1O. The Bertz CT molecular complexity index is 427. The molecule has 106 valence electrons. The average molecular weight is 263 g/mol. The summed E-state index contributed by atoms with van der Waals surface area (Å²) in [5.41, 5.74) is 1.29. The van der Waals surface area contributed by atoms with Crippen LogP contribution in [0.5, 0.6) is 5.75 Å². The summed E-state index contributed by atoms with van der Waals surface area (Å²) in [6.07, 6.45) is 3.30. The maximum atomic E-state index is 12.0. The lowest BCUT2D eigenvalue weighted by Gasteiger charge is -2.15. The monoisotopic (exact) mass is 263 g/mol. The first-order chi connectivity index (χ1) is 8.90. The van der Waals surface area contributed by atoms with Crippen molar-refractivity contribution in [1.82, 2.24) is 5.32 Å². The van der Waals surface area contributed by atoms with Crippen molar-refractivity contribution in [3.8, 4) is 5.75 Å². The number of phenols is 1. The van der Waals surface area contributed by atoms with Gasteiger partial charge in [0.25, 0.3) is 5.91 Å². The van der Waals surface area contributed by atoms with Gasteiger partial charge in [-0.25, -0.2) is 0 Å². The van der Waals surface area contributed by atoms with Crippen molar-refractivity contribution in [2.24, 2.45) is 5.92 Å².